The Morgan fingerprint density at radius 1 is 0.448 bits per heavy atom. The quantitative estimate of drug-likeness (QED) is 0.198. The van der Waals surface area contributed by atoms with Crippen LogP contribution in [-0.4, -0.2) is 108 Å². The van der Waals surface area contributed by atoms with Gasteiger partial charge in [0.25, 0.3) is 17.7 Å². The molecule has 1 heterocycles. The molecule has 12 heteroatoms. The number of hydrogen-bond acceptors (Lipinski definition) is 9. The number of nitrogens with zero attached hydrogens (tertiary/aromatic N) is 3. The van der Waals surface area contributed by atoms with Gasteiger partial charge in [-0.15, -0.1) is 0 Å². The van der Waals surface area contributed by atoms with Crippen LogP contribution in [0.25, 0.3) is 0 Å². The molecule has 312 valence electrons. The standard InChI is InChI=1S/C46H59N3O9/c1-10-31(6)40-43(52)49(9)36(27-33-22-16-12-17-23-33)45(54)57-38(29(2)3)41(50)47(7)35(26-32-20-14-11-15-21-32)44(53)56-39(30(4)5)42(51)48(8)37(46(55)58-40)28-34-24-18-13-19-25-34/h11-25,29-31,35-40H,10,26-28H2,1-9H3/t31?,35-,36-,37-,38-,39-,40-/m1/s1. The van der Waals surface area contributed by atoms with Gasteiger partial charge < -0.3 is 28.9 Å². The van der Waals surface area contributed by atoms with Crippen LogP contribution in [0.5, 0.6) is 0 Å². The second kappa shape index (κ2) is 20.8. The van der Waals surface area contributed by atoms with Gasteiger partial charge in [-0.25, -0.2) is 14.4 Å². The number of likely N-dealkylation sites (N-methyl/N-ethyl adjacent to an activating group) is 3. The summed E-state index contributed by atoms with van der Waals surface area (Å²) in [5, 5.41) is 0. The normalized spacial score (nSPS) is 23.9. The number of cyclic esters (lactones) is 3. The number of carbonyl (C=O) groups is 6. The van der Waals surface area contributed by atoms with Gasteiger partial charge >= 0.3 is 17.9 Å². The summed E-state index contributed by atoms with van der Waals surface area (Å²) in [7, 11) is 4.34. The summed E-state index contributed by atoms with van der Waals surface area (Å²) in [6, 6.07) is 23.5. The fraction of sp³-hybridized carbons (Fsp3) is 0.478. The first-order valence-electron chi connectivity index (χ1n) is 20.1. The first-order valence-corrected chi connectivity index (χ1v) is 20.1. The highest BCUT2D eigenvalue weighted by molar-refractivity contribution is 5.94. The van der Waals surface area contributed by atoms with Gasteiger partial charge in [-0.1, -0.05) is 133 Å². The van der Waals surface area contributed by atoms with Crippen LogP contribution in [0.15, 0.2) is 91.0 Å². The van der Waals surface area contributed by atoms with Crippen LogP contribution in [-0.2, 0) is 62.2 Å². The predicted octanol–water partition coefficient (Wildman–Crippen LogP) is 5.30. The van der Waals surface area contributed by atoms with E-state index < -0.39 is 89.8 Å². The van der Waals surface area contributed by atoms with Crippen LogP contribution < -0.4 is 0 Å². The summed E-state index contributed by atoms with van der Waals surface area (Å²) in [6.07, 6.45) is -3.53. The molecule has 58 heavy (non-hydrogen) atoms. The number of hydrogen-bond donors (Lipinski definition) is 0. The van der Waals surface area contributed by atoms with Crippen molar-refractivity contribution >= 4 is 35.6 Å². The van der Waals surface area contributed by atoms with Crippen LogP contribution in [0.1, 0.15) is 64.7 Å². The van der Waals surface area contributed by atoms with Crippen LogP contribution >= 0.6 is 0 Å². The van der Waals surface area contributed by atoms with E-state index in [1.807, 2.05) is 85.8 Å². The highest BCUT2D eigenvalue weighted by Gasteiger charge is 2.44. The predicted molar refractivity (Wildman–Crippen MR) is 219 cm³/mol. The van der Waals surface area contributed by atoms with E-state index in [-0.39, 0.29) is 19.3 Å². The molecule has 1 fully saturated rings. The van der Waals surface area contributed by atoms with Gasteiger partial charge in [-0.3, -0.25) is 14.4 Å². The van der Waals surface area contributed by atoms with Gasteiger partial charge in [0.05, 0.1) is 0 Å². The number of rotatable bonds is 10. The maximum Gasteiger partial charge on any atom is 0.329 e. The second-order valence-electron chi connectivity index (χ2n) is 15.9. The Bertz CT molecular complexity index is 1810. The van der Waals surface area contributed by atoms with E-state index in [1.54, 1.807) is 46.8 Å². The summed E-state index contributed by atoms with van der Waals surface area (Å²) >= 11 is 0. The molecule has 0 saturated carbocycles. The molecule has 7 atom stereocenters. The molecule has 0 bridgehead atoms. The molecule has 0 aliphatic carbocycles. The Labute approximate surface area is 342 Å². The van der Waals surface area contributed by atoms with Gasteiger partial charge in [0.1, 0.15) is 18.1 Å². The third kappa shape index (κ3) is 11.3. The zero-order valence-electron chi connectivity index (χ0n) is 35.2. The summed E-state index contributed by atoms with van der Waals surface area (Å²) in [5.74, 6) is -6.09. The molecule has 12 nitrogen and oxygen atoms in total. The average Bonchev–Trinajstić information content (AvgIpc) is 3.22. The first kappa shape index (κ1) is 45.2. The van der Waals surface area contributed by atoms with Gasteiger partial charge in [-0.05, 0) is 34.9 Å². The molecular formula is C46H59N3O9. The lowest BCUT2D eigenvalue weighted by molar-refractivity contribution is -0.179. The van der Waals surface area contributed by atoms with E-state index in [0.29, 0.717) is 6.42 Å². The van der Waals surface area contributed by atoms with Crippen molar-refractivity contribution in [1.29, 1.82) is 0 Å². The maximum atomic E-state index is 14.6. The molecule has 3 amide bonds. The monoisotopic (exact) mass is 797 g/mol. The van der Waals surface area contributed by atoms with Crippen molar-refractivity contribution in [2.24, 2.45) is 17.8 Å². The van der Waals surface area contributed by atoms with Crippen molar-refractivity contribution in [3.8, 4) is 0 Å². The van der Waals surface area contributed by atoms with Crippen molar-refractivity contribution in [3.63, 3.8) is 0 Å². The SMILES string of the molecule is CCC(C)[C@H]1OC(=O)[C@@H](Cc2ccccc2)N(C)C(=O)[C@@H](C(C)C)OC(=O)[C@@H](Cc2ccccc2)N(C)C(=O)[C@@H](C(C)C)OC(=O)[C@@H](Cc2ccccc2)N(C)C1=O. The van der Waals surface area contributed by atoms with Gasteiger partial charge in [-0.2, -0.15) is 0 Å². The number of amides is 3. The molecule has 1 saturated heterocycles. The average molecular weight is 798 g/mol. The van der Waals surface area contributed by atoms with E-state index in [4.69, 9.17) is 14.2 Å². The van der Waals surface area contributed by atoms with Gasteiger partial charge in [0.15, 0.2) is 18.3 Å². The van der Waals surface area contributed by atoms with Gasteiger partial charge in [0.2, 0.25) is 0 Å². The van der Waals surface area contributed by atoms with Crippen LogP contribution in [0.3, 0.4) is 0 Å². The summed E-state index contributed by atoms with van der Waals surface area (Å²) in [4.78, 5) is 90.4. The lowest BCUT2D eigenvalue weighted by Crippen LogP contribution is -2.57. The largest absolute Gasteiger partial charge is 0.450 e. The lowest BCUT2D eigenvalue weighted by Gasteiger charge is -2.37. The summed E-state index contributed by atoms with van der Waals surface area (Å²) in [6.45, 7) is 10.5. The highest BCUT2D eigenvalue weighted by Crippen LogP contribution is 2.25. The Hall–Kier alpha value is -5.52. The number of esters is 3. The van der Waals surface area contributed by atoms with Crippen molar-refractivity contribution in [3.05, 3.63) is 108 Å². The molecule has 0 aromatic heterocycles. The van der Waals surface area contributed by atoms with Crippen molar-refractivity contribution in [1.82, 2.24) is 14.7 Å². The van der Waals surface area contributed by atoms with Gasteiger partial charge in [0, 0.05) is 46.3 Å². The summed E-state index contributed by atoms with van der Waals surface area (Å²) in [5.41, 5.74) is 2.17. The van der Waals surface area contributed by atoms with Crippen LogP contribution in [0, 0.1) is 17.8 Å². The molecule has 0 radical (unpaired) electrons. The molecule has 0 spiro atoms. The Kier molecular flexibility index (Phi) is 16.2. The van der Waals surface area contributed by atoms with Crippen LogP contribution in [0.2, 0.25) is 0 Å². The van der Waals surface area contributed by atoms with E-state index in [2.05, 4.69) is 0 Å². The minimum atomic E-state index is -1.36. The molecule has 4 rings (SSSR count). The van der Waals surface area contributed by atoms with E-state index >= 15 is 0 Å². The molecule has 1 aliphatic heterocycles. The minimum Gasteiger partial charge on any atom is -0.450 e. The Balaban J connectivity index is 1.90. The molecule has 0 N–H and O–H groups in total. The first-order chi connectivity index (χ1) is 27.5. The number of carbonyl (C=O) groups excluding carboxylic acids is 6. The topological polar surface area (TPSA) is 140 Å². The van der Waals surface area contributed by atoms with Crippen LogP contribution in [0.4, 0.5) is 0 Å². The fourth-order valence-corrected chi connectivity index (χ4v) is 6.89. The Morgan fingerprint density at radius 2 is 0.707 bits per heavy atom. The second-order valence-corrected chi connectivity index (χ2v) is 15.9. The lowest BCUT2D eigenvalue weighted by atomic mass is 9.97. The third-order valence-electron chi connectivity index (χ3n) is 10.9. The molecule has 1 aliphatic rings. The molecule has 3 aromatic rings. The van der Waals surface area contributed by atoms with E-state index in [1.165, 1.54) is 35.8 Å². The molecule has 3 aromatic carbocycles. The van der Waals surface area contributed by atoms with Crippen molar-refractivity contribution in [2.75, 3.05) is 21.1 Å². The fourth-order valence-electron chi connectivity index (χ4n) is 6.89. The number of ether oxygens (including phenoxy) is 3. The summed E-state index contributed by atoms with van der Waals surface area (Å²) < 4.78 is 18.2. The molecule has 1 unspecified atom stereocenters. The third-order valence-corrected chi connectivity index (χ3v) is 10.9. The van der Waals surface area contributed by atoms with Crippen molar-refractivity contribution in [2.45, 2.75) is 104 Å². The van der Waals surface area contributed by atoms with E-state index in [0.717, 1.165) is 16.7 Å². The minimum absolute atomic E-state index is 0.0311. The van der Waals surface area contributed by atoms with Crippen molar-refractivity contribution < 1.29 is 43.0 Å². The van der Waals surface area contributed by atoms with E-state index in [9.17, 15) is 28.8 Å². The zero-order valence-corrected chi connectivity index (χ0v) is 35.2. The highest BCUT2D eigenvalue weighted by atomic mass is 16.6. The zero-order chi connectivity index (χ0) is 42.7. The Morgan fingerprint density at radius 3 is 0.966 bits per heavy atom. The maximum absolute atomic E-state index is 14.6. The molecular weight excluding hydrogens is 739 g/mol. The number of benzene rings is 3. The smallest absolute Gasteiger partial charge is 0.329 e.